The van der Waals surface area contributed by atoms with Gasteiger partial charge in [-0.05, 0) is 66.6 Å². The van der Waals surface area contributed by atoms with Gasteiger partial charge >= 0.3 is 0 Å². The molecule has 6 aliphatic rings. The van der Waals surface area contributed by atoms with Crippen molar-refractivity contribution in [2.24, 2.45) is 20.4 Å². The lowest BCUT2D eigenvalue weighted by atomic mass is 9.95. The highest BCUT2D eigenvalue weighted by atomic mass is 16.7. The number of H-pyrrole nitrogens is 1. The number of ether oxygens (including phenoxy) is 10. The molecule has 8 rings (SSSR count). The summed E-state index contributed by atoms with van der Waals surface area (Å²) < 4.78 is 56.8. The molecule has 1 aromatic heterocycles. The smallest absolute Gasteiger partial charge is 0.183 e. The fourth-order valence-corrected chi connectivity index (χ4v) is 8.38. The topological polar surface area (TPSA) is 160 Å². The van der Waals surface area contributed by atoms with E-state index in [1.165, 1.54) is 0 Å². The first-order valence-electron chi connectivity index (χ1n) is 23.7. The van der Waals surface area contributed by atoms with Crippen molar-refractivity contribution in [2.45, 2.75) is 33.0 Å². The summed E-state index contributed by atoms with van der Waals surface area (Å²) in [6.45, 7) is 10.6. The Morgan fingerprint density at radius 2 is 1.21 bits per heavy atom. The van der Waals surface area contributed by atoms with Gasteiger partial charge in [-0.25, -0.2) is 15.0 Å². The van der Waals surface area contributed by atoms with E-state index in [0.717, 1.165) is 84.9 Å². The van der Waals surface area contributed by atoms with Crippen molar-refractivity contribution in [3.63, 3.8) is 0 Å². The van der Waals surface area contributed by atoms with E-state index in [1.807, 2.05) is 41.6 Å². The molecule has 16 nitrogen and oxygen atoms in total. The zero-order chi connectivity index (χ0) is 48.5. The molecule has 1 aromatic carbocycles. The highest BCUT2D eigenvalue weighted by Gasteiger charge is 2.31. The number of nitrogens with one attached hydrogen (secondary N) is 2. The number of methoxy groups -OCH3 is 2. The maximum atomic E-state index is 6.27. The summed E-state index contributed by atoms with van der Waals surface area (Å²) in [7, 11) is 3.18. The van der Waals surface area contributed by atoms with Crippen LogP contribution < -0.4 is 5.32 Å². The van der Waals surface area contributed by atoms with Crippen LogP contribution in [-0.4, -0.2) is 141 Å². The molecule has 2 aromatic rings. The Bertz CT molecular complexity index is 2560. The first-order chi connectivity index (χ1) is 34.4. The van der Waals surface area contributed by atoms with Gasteiger partial charge in [0.25, 0.3) is 0 Å². The standard InChI is InChI=1S/C54H64N6O10/c1-6-21-60-22-20-55-52(60)51-48-16-12-44(58-48)40(18-23-63-25-27-65-29-31-67-36-61-4)42-10-14-46(56-42)50(38-8-7-9-39(33-38)53-69-34-54(2,3)35-70-53)47-15-11-43(57-47)41(45-13-17-49(51)59-45)19-24-64-26-28-66-30-32-68-37-62-5/h1,7-17,20,22,33,53,55-56H,18-19,21,23-32,34-37H2,2-5H3/b44-40?,45-41?,50-47?,52-51-. The van der Waals surface area contributed by atoms with Crippen molar-refractivity contribution in [2.75, 3.05) is 114 Å². The van der Waals surface area contributed by atoms with Gasteiger partial charge in [-0.3, -0.25) is 0 Å². The Morgan fingerprint density at radius 1 is 0.657 bits per heavy atom. The van der Waals surface area contributed by atoms with Crippen molar-refractivity contribution >= 4 is 28.3 Å². The molecule has 2 N–H and O–H groups in total. The quantitative estimate of drug-likeness (QED) is 0.0588. The number of aromatic nitrogens is 1. The molecule has 7 heterocycles. The van der Waals surface area contributed by atoms with Crippen LogP contribution in [0.3, 0.4) is 0 Å². The second-order valence-corrected chi connectivity index (χ2v) is 17.6. The average Bonchev–Trinajstić information content (AvgIpc) is 4.24. The number of fused-ring (bicyclic) bond motifs is 5. The predicted octanol–water partition coefficient (Wildman–Crippen LogP) is 7.17. The second kappa shape index (κ2) is 25.3. The predicted molar refractivity (Wildman–Crippen MR) is 268 cm³/mol. The van der Waals surface area contributed by atoms with Crippen LogP contribution in [0.5, 0.6) is 0 Å². The zero-order valence-electron chi connectivity index (χ0n) is 40.6. The summed E-state index contributed by atoms with van der Waals surface area (Å²) in [5, 5.41) is 3.44. The number of rotatable bonds is 25. The molecule has 370 valence electrons. The number of hydrogen-bond acceptors (Lipinski definition) is 15. The monoisotopic (exact) mass is 956 g/mol. The Labute approximate surface area is 410 Å². The van der Waals surface area contributed by atoms with E-state index in [4.69, 9.17) is 68.8 Å². The minimum Gasteiger partial charge on any atom is -0.379 e. The van der Waals surface area contributed by atoms with Crippen molar-refractivity contribution in [3.8, 4) is 12.3 Å². The molecule has 0 saturated carbocycles. The highest BCUT2D eigenvalue weighted by molar-refractivity contribution is 6.34. The highest BCUT2D eigenvalue weighted by Crippen LogP contribution is 2.38. The van der Waals surface area contributed by atoms with Crippen LogP contribution in [0.15, 0.2) is 134 Å². The van der Waals surface area contributed by atoms with Crippen molar-refractivity contribution in [1.82, 2.24) is 15.2 Å². The van der Waals surface area contributed by atoms with Crippen LogP contribution in [-0.2, 0) is 47.4 Å². The number of aliphatic imine (C=N–C) groups is 3. The SMILES string of the molecule is C#CCN1C=CN/C1=C1/C2=NC(=C(CCOCCOCCOCOC)C3=NC(=C(c4cccc(C5OCC(C)(C)CO5)c4)c4ccc([nH]4)C(CCOCCOCCOCOC)=C4C=CC1=N4)C=C3)C=C2. The fourth-order valence-electron chi connectivity index (χ4n) is 8.38. The average molecular weight is 957 g/mol. The first-order valence-corrected chi connectivity index (χ1v) is 23.7. The van der Waals surface area contributed by atoms with Crippen molar-refractivity contribution in [3.05, 3.63) is 142 Å². The molecule has 0 spiro atoms. The Morgan fingerprint density at radius 3 is 1.86 bits per heavy atom. The number of benzene rings is 1. The van der Waals surface area contributed by atoms with Gasteiger partial charge in [0.05, 0.1) is 126 Å². The molecule has 1 saturated heterocycles. The molecule has 16 heteroatoms. The van der Waals surface area contributed by atoms with Crippen LogP contribution in [0.1, 0.15) is 55.5 Å². The summed E-state index contributed by atoms with van der Waals surface area (Å²) in [6, 6.07) is 12.6. The molecule has 8 bridgehead atoms. The molecular weight excluding hydrogens is 893 g/mol. The largest absolute Gasteiger partial charge is 0.379 e. The van der Waals surface area contributed by atoms with Crippen molar-refractivity contribution < 1.29 is 47.4 Å². The second-order valence-electron chi connectivity index (χ2n) is 17.6. The summed E-state index contributed by atoms with van der Waals surface area (Å²) in [6.07, 6.45) is 22.6. The van der Waals surface area contributed by atoms with Gasteiger partial charge in [0.2, 0.25) is 0 Å². The van der Waals surface area contributed by atoms with Gasteiger partial charge in [-0.15, -0.1) is 6.42 Å². The Balaban J connectivity index is 1.18. The summed E-state index contributed by atoms with van der Waals surface area (Å²) in [5.41, 5.74) is 11.8. The summed E-state index contributed by atoms with van der Waals surface area (Å²) in [4.78, 5) is 21.9. The van der Waals surface area contributed by atoms with Gasteiger partial charge in [0, 0.05) is 72.1 Å². The van der Waals surface area contributed by atoms with E-state index < -0.39 is 6.29 Å². The van der Waals surface area contributed by atoms with E-state index in [9.17, 15) is 0 Å². The molecule has 0 aliphatic carbocycles. The van der Waals surface area contributed by atoms with Crippen LogP contribution >= 0.6 is 0 Å². The minimum absolute atomic E-state index is 0.0683. The van der Waals surface area contributed by atoms with Crippen molar-refractivity contribution in [1.29, 1.82) is 0 Å². The number of aromatic amines is 1. The van der Waals surface area contributed by atoms with E-state index >= 15 is 0 Å². The third-order valence-corrected chi connectivity index (χ3v) is 11.7. The maximum Gasteiger partial charge on any atom is 0.183 e. The third-order valence-electron chi connectivity index (χ3n) is 11.7. The normalized spacial score (nSPS) is 19.5. The number of terminal acetylenes is 1. The molecule has 0 radical (unpaired) electrons. The lowest BCUT2D eigenvalue weighted by molar-refractivity contribution is -0.226. The van der Waals surface area contributed by atoms with Gasteiger partial charge in [0.1, 0.15) is 19.4 Å². The zero-order valence-corrected chi connectivity index (χ0v) is 40.6. The van der Waals surface area contributed by atoms with Gasteiger partial charge in [0.15, 0.2) is 6.29 Å². The van der Waals surface area contributed by atoms with E-state index in [0.29, 0.717) is 98.7 Å². The summed E-state index contributed by atoms with van der Waals surface area (Å²) in [5.74, 6) is 3.58. The van der Waals surface area contributed by atoms with Gasteiger partial charge in [-0.1, -0.05) is 38.0 Å². The van der Waals surface area contributed by atoms with Crippen LogP contribution in [0.25, 0.3) is 11.1 Å². The fraction of sp³-hybridized carbons (Fsp3) is 0.426. The maximum absolute atomic E-state index is 6.27. The molecule has 0 unspecified atom stereocenters. The Hall–Kier alpha value is -5.81. The molecule has 0 atom stereocenters. The van der Waals surface area contributed by atoms with E-state index in [1.54, 1.807) is 14.2 Å². The summed E-state index contributed by atoms with van der Waals surface area (Å²) >= 11 is 0. The van der Waals surface area contributed by atoms with E-state index in [-0.39, 0.29) is 19.0 Å². The molecular formula is C54H64N6O10. The molecule has 1 fully saturated rings. The first kappa shape index (κ1) is 50.6. The minimum atomic E-state index is -0.491. The van der Waals surface area contributed by atoms with Gasteiger partial charge < -0.3 is 62.6 Å². The van der Waals surface area contributed by atoms with Crippen LogP contribution in [0, 0.1) is 17.8 Å². The van der Waals surface area contributed by atoms with Crippen LogP contribution in [0.4, 0.5) is 0 Å². The van der Waals surface area contributed by atoms with Crippen LogP contribution in [0.2, 0.25) is 0 Å². The van der Waals surface area contributed by atoms with Gasteiger partial charge in [-0.2, -0.15) is 0 Å². The number of allylic oxidation sites excluding steroid dienone is 7. The lowest BCUT2D eigenvalue weighted by Crippen LogP contribution is -2.33. The Kier molecular flexibility index (Phi) is 18.3. The van der Waals surface area contributed by atoms with E-state index in [2.05, 4.69) is 78.6 Å². The number of nitrogens with zero attached hydrogens (tertiary/aromatic N) is 4. The number of hydrogen-bond donors (Lipinski definition) is 2. The molecule has 6 aliphatic heterocycles. The molecule has 70 heavy (non-hydrogen) atoms. The lowest BCUT2D eigenvalue weighted by Gasteiger charge is -2.34. The third kappa shape index (κ3) is 13.1. The molecule has 0 amide bonds.